The predicted molar refractivity (Wildman–Crippen MR) is 124 cm³/mol. The van der Waals surface area contributed by atoms with E-state index in [1.807, 2.05) is 25.1 Å². The molecule has 162 valence electrons. The van der Waals surface area contributed by atoms with Crippen LogP contribution in [0.4, 0.5) is 11.4 Å². The van der Waals surface area contributed by atoms with Crippen LogP contribution >= 0.6 is 23.2 Å². The minimum Gasteiger partial charge on any atom is -0.481 e. The van der Waals surface area contributed by atoms with Gasteiger partial charge in [-0.25, -0.2) is 8.42 Å². The van der Waals surface area contributed by atoms with Crippen molar-refractivity contribution in [3.05, 3.63) is 82.3 Å². The summed E-state index contributed by atoms with van der Waals surface area (Å²) in [6.07, 6.45) is -0.740. The van der Waals surface area contributed by atoms with Crippen LogP contribution in [0.5, 0.6) is 5.75 Å². The number of benzene rings is 3. The summed E-state index contributed by atoms with van der Waals surface area (Å²) in [5, 5.41) is 3.06. The van der Waals surface area contributed by atoms with E-state index in [1.54, 1.807) is 25.1 Å². The molecule has 1 amide bonds. The number of carbonyl (C=O) groups is 1. The molecule has 3 rings (SSSR count). The molecule has 0 aliphatic heterocycles. The van der Waals surface area contributed by atoms with Crippen molar-refractivity contribution in [1.82, 2.24) is 0 Å². The zero-order chi connectivity index (χ0) is 22.6. The summed E-state index contributed by atoms with van der Waals surface area (Å²) in [5.74, 6) is 0.264. The summed E-state index contributed by atoms with van der Waals surface area (Å²) >= 11 is 12.0. The van der Waals surface area contributed by atoms with Gasteiger partial charge in [-0.3, -0.25) is 9.52 Å². The Bertz CT molecular complexity index is 1200. The molecule has 0 saturated carbocycles. The number of hydrogen-bond donors (Lipinski definition) is 2. The SMILES string of the molecule is Cc1ccccc1O[C@@H](C)C(=O)Nc1ccc(S(=O)(=O)Nc2cccc(Cl)c2Cl)cc1. The van der Waals surface area contributed by atoms with E-state index in [-0.39, 0.29) is 26.5 Å². The van der Waals surface area contributed by atoms with E-state index in [1.165, 1.54) is 30.3 Å². The lowest BCUT2D eigenvalue weighted by Gasteiger charge is -2.16. The number of halogens is 2. The summed E-state index contributed by atoms with van der Waals surface area (Å²) < 4.78 is 33.3. The van der Waals surface area contributed by atoms with Crippen molar-refractivity contribution in [1.29, 1.82) is 0 Å². The second-order valence-corrected chi connectivity index (χ2v) is 9.21. The standard InChI is InChI=1S/C22H20Cl2N2O4S/c1-14-6-3-4-9-20(14)30-15(2)22(27)25-16-10-12-17(13-11-16)31(28,29)26-19-8-5-7-18(23)21(19)24/h3-13,15,26H,1-2H3,(H,25,27)/t15-/m0/s1. The molecule has 0 spiro atoms. The molecule has 3 aromatic carbocycles. The van der Waals surface area contributed by atoms with E-state index < -0.39 is 16.1 Å². The van der Waals surface area contributed by atoms with Gasteiger partial charge in [0, 0.05) is 5.69 Å². The van der Waals surface area contributed by atoms with Crippen molar-refractivity contribution in [2.24, 2.45) is 0 Å². The lowest BCUT2D eigenvalue weighted by Crippen LogP contribution is -2.30. The molecule has 3 aromatic rings. The Labute approximate surface area is 191 Å². The molecule has 9 heteroatoms. The molecule has 6 nitrogen and oxygen atoms in total. The maximum Gasteiger partial charge on any atom is 0.265 e. The zero-order valence-corrected chi connectivity index (χ0v) is 19.1. The molecule has 0 aliphatic carbocycles. The van der Waals surface area contributed by atoms with Crippen molar-refractivity contribution in [3.63, 3.8) is 0 Å². The van der Waals surface area contributed by atoms with Crippen molar-refractivity contribution < 1.29 is 17.9 Å². The van der Waals surface area contributed by atoms with E-state index in [2.05, 4.69) is 10.0 Å². The molecule has 0 heterocycles. The van der Waals surface area contributed by atoms with Gasteiger partial charge in [0.1, 0.15) is 5.75 Å². The van der Waals surface area contributed by atoms with E-state index in [0.29, 0.717) is 11.4 Å². The molecule has 0 aromatic heterocycles. The smallest absolute Gasteiger partial charge is 0.265 e. The molecule has 2 N–H and O–H groups in total. The third-order valence-corrected chi connectivity index (χ3v) is 6.59. The molecule has 0 bridgehead atoms. The van der Waals surface area contributed by atoms with E-state index in [4.69, 9.17) is 27.9 Å². The third kappa shape index (κ3) is 5.70. The van der Waals surface area contributed by atoms with Gasteiger partial charge in [0.15, 0.2) is 6.10 Å². The Morgan fingerprint density at radius 2 is 1.65 bits per heavy atom. The first-order valence-corrected chi connectivity index (χ1v) is 11.5. The van der Waals surface area contributed by atoms with Gasteiger partial charge < -0.3 is 10.1 Å². The van der Waals surface area contributed by atoms with E-state index in [0.717, 1.165) is 5.56 Å². The van der Waals surface area contributed by atoms with Crippen molar-refractivity contribution in [2.75, 3.05) is 10.0 Å². The Balaban J connectivity index is 1.67. The molecule has 0 radical (unpaired) electrons. The topological polar surface area (TPSA) is 84.5 Å². The van der Waals surface area contributed by atoms with Gasteiger partial charge in [0.25, 0.3) is 15.9 Å². The molecule has 0 aliphatic rings. The summed E-state index contributed by atoms with van der Waals surface area (Å²) in [6, 6.07) is 17.8. The highest BCUT2D eigenvalue weighted by Crippen LogP contribution is 2.31. The highest BCUT2D eigenvalue weighted by molar-refractivity contribution is 7.92. The number of ether oxygens (including phenoxy) is 1. The largest absolute Gasteiger partial charge is 0.481 e. The first-order valence-electron chi connectivity index (χ1n) is 9.27. The first kappa shape index (κ1) is 22.9. The number of sulfonamides is 1. The summed E-state index contributed by atoms with van der Waals surface area (Å²) in [7, 11) is -3.89. The fraction of sp³-hybridized carbons (Fsp3) is 0.136. The highest BCUT2D eigenvalue weighted by Gasteiger charge is 2.18. The van der Waals surface area contributed by atoms with Crippen LogP contribution in [-0.4, -0.2) is 20.4 Å². The van der Waals surface area contributed by atoms with Gasteiger partial charge in [-0.2, -0.15) is 0 Å². The Morgan fingerprint density at radius 1 is 0.968 bits per heavy atom. The maximum absolute atomic E-state index is 12.6. The Morgan fingerprint density at radius 3 is 2.32 bits per heavy atom. The van der Waals surface area contributed by atoms with Crippen LogP contribution in [0, 0.1) is 6.92 Å². The molecular weight excluding hydrogens is 459 g/mol. The van der Waals surface area contributed by atoms with Crippen molar-refractivity contribution in [2.45, 2.75) is 24.8 Å². The quantitative estimate of drug-likeness (QED) is 0.468. The predicted octanol–water partition coefficient (Wildman–Crippen LogP) is 5.51. The number of amides is 1. The van der Waals surface area contributed by atoms with Crippen LogP contribution in [-0.2, 0) is 14.8 Å². The lowest BCUT2D eigenvalue weighted by molar-refractivity contribution is -0.122. The van der Waals surface area contributed by atoms with Crippen molar-refractivity contribution >= 4 is 50.5 Å². The zero-order valence-electron chi connectivity index (χ0n) is 16.7. The monoisotopic (exact) mass is 478 g/mol. The molecule has 0 unspecified atom stereocenters. The minimum atomic E-state index is -3.89. The van der Waals surface area contributed by atoms with Gasteiger partial charge in [-0.05, 0) is 61.9 Å². The third-order valence-electron chi connectivity index (χ3n) is 4.39. The van der Waals surface area contributed by atoms with Crippen LogP contribution in [0.2, 0.25) is 10.0 Å². The van der Waals surface area contributed by atoms with Crippen LogP contribution in [0.1, 0.15) is 12.5 Å². The number of aryl methyl sites for hydroxylation is 1. The van der Waals surface area contributed by atoms with E-state index in [9.17, 15) is 13.2 Å². The second kappa shape index (κ2) is 9.60. The number of carbonyl (C=O) groups excluding carboxylic acids is 1. The molecule has 1 atom stereocenters. The Kier molecular flexibility index (Phi) is 7.10. The fourth-order valence-corrected chi connectivity index (χ4v) is 4.16. The Hall–Kier alpha value is -2.74. The number of anilines is 2. The minimum absolute atomic E-state index is 0.00532. The number of nitrogens with one attached hydrogen (secondary N) is 2. The summed E-state index contributed by atoms with van der Waals surface area (Å²) in [6.45, 7) is 3.53. The van der Waals surface area contributed by atoms with Crippen LogP contribution in [0.3, 0.4) is 0 Å². The van der Waals surface area contributed by atoms with Crippen LogP contribution in [0.15, 0.2) is 71.6 Å². The molecular formula is C22H20Cl2N2O4S. The number of hydrogen-bond acceptors (Lipinski definition) is 4. The lowest BCUT2D eigenvalue weighted by atomic mass is 10.2. The normalized spacial score (nSPS) is 12.1. The van der Waals surface area contributed by atoms with Crippen LogP contribution in [0.25, 0.3) is 0 Å². The molecule has 31 heavy (non-hydrogen) atoms. The number of rotatable bonds is 7. The number of para-hydroxylation sites is 1. The van der Waals surface area contributed by atoms with Crippen LogP contribution < -0.4 is 14.8 Å². The van der Waals surface area contributed by atoms with Gasteiger partial charge in [-0.1, -0.05) is 47.5 Å². The average Bonchev–Trinajstić information content (AvgIpc) is 2.73. The maximum atomic E-state index is 12.6. The fourth-order valence-electron chi connectivity index (χ4n) is 2.68. The van der Waals surface area contributed by atoms with Gasteiger partial charge in [0.2, 0.25) is 0 Å². The van der Waals surface area contributed by atoms with Gasteiger partial charge in [-0.15, -0.1) is 0 Å². The van der Waals surface area contributed by atoms with E-state index >= 15 is 0 Å². The molecule has 0 saturated heterocycles. The first-order chi connectivity index (χ1) is 14.7. The average molecular weight is 479 g/mol. The molecule has 0 fully saturated rings. The van der Waals surface area contributed by atoms with Gasteiger partial charge in [0.05, 0.1) is 20.6 Å². The van der Waals surface area contributed by atoms with Gasteiger partial charge >= 0.3 is 0 Å². The summed E-state index contributed by atoms with van der Waals surface area (Å²) in [5.41, 5.74) is 1.53. The second-order valence-electron chi connectivity index (χ2n) is 6.75. The highest BCUT2D eigenvalue weighted by atomic mass is 35.5. The van der Waals surface area contributed by atoms with Crippen molar-refractivity contribution in [3.8, 4) is 5.75 Å². The summed E-state index contributed by atoms with van der Waals surface area (Å²) in [4.78, 5) is 12.4.